The van der Waals surface area contributed by atoms with Gasteiger partial charge in [-0.2, -0.15) is 0 Å². The summed E-state index contributed by atoms with van der Waals surface area (Å²) in [7, 11) is 0. The second-order valence-electron chi connectivity index (χ2n) is 5.65. The fourth-order valence-corrected chi connectivity index (χ4v) is 1.65. The maximum absolute atomic E-state index is 11.0. The quantitative estimate of drug-likeness (QED) is 0.459. The van der Waals surface area contributed by atoms with E-state index in [1.165, 1.54) is 6.92 Å². The van der Waals surface area contributed by atoms with Gasteiger partial charge < -0.3 is 29.2 Å². The van der Waals surface area contributed by atoms with Gasteiger partial charge in [-0.05, 0) is 38.1 Å². The van der Waals surface area contributed by atoms with Gasteiger partial charge >= 0.3 is 12.3 Å². The summed E-state index contributed by atoms with van der Waals surface area (Å²) < 4.78 is 18.3. The summed E-state index contributed by atoms with van der Waals surface area (Å²) in [4.78, 5) is 21.0. The zero-order valence-corrected chi connectivity index (χ0v) is 19.7. The zero-order valence-electron chi connectivity index (χ0n) is 19.7. The maximum atomic E-state index is 11.0. The zero-order chi connectivity index (χ0) is 24.8. The van der Waals surface area contributed by atoms with Crippen molar-refractivity contribution in [2.75, 3.05) is 13.2 Å². The average molecular weight is 453 g/mol. The number of para-hydroxylation sites is 2. The van der Waals surface area contributed by atoms with Crippen LogP contribution in [0.2, 0.25) is 0 Å². The second-order valence-corrected chi connectivity index (χ2v) is 5.65. The molecule has 1 aliphatic rings. The van der Waals surface area contributed by atoms with E-state index in [0.29, 0.717) is 18.1 Å². The number of benzene rings is 2. The number of carbonyl (C=O) groups is 2. The highest BCUT2D eigenvalue weighted by molar-refractivity contribution is 5.63. The number of ether oxygens (including phenoxy) is 4. The van der Waals surface area contributed by atoms with Crippen LogP contribution in [0.3, 0.4) is 0 Å². The molecule has 1 saturated heterocycles. The Kier molecular flexibility index (Phi) is 20.3. The summed E-state index contributed by atoms with van der Waals surface area (Å²) >= 11 is 0. The van der Waals surface area contributed by atoms with E-state index in [9.17, 15) is 9.59 Å². The Balaban J connectivity index is 0. The van der Waals surface area contributed by atoms with Crippen molar-refractivity contribution in [3.63, 3.8) is 0 Å². The van der Waals surface area contributed by atoms with Crippen LogP contribution in [0, 0.1) is 0 Å². The molecule has 2 aromatic rings. The van der Waals surface area contributed by atoms with Gasteiger partial charge in [0.2, 0.25) is 0 Å². The van der Waals surface area contributed by atoms with E-state index in [4.69, 9.17) is 14.9 Å². The number of rotatable bonds is 3. The molecule has 0 spiro atoms. The maximum Gasteiger partial charge on any atom is 0.513 e. The first-order valence-electron chi connectivity index (χ1n) is 10.5. The highest BCUT2D eigenvalue weighted by atomic mass is 16.8. The lowest BCUT2D eigenvalue weighted by atomic mass is 10.3. The second kappa shape index (κ2) is 21.0. The molecule has 2 unspecified atom stereocenters. The first kappa shape index (κ1) is 30.9. The van der Waals surface area contributed by atoms with Crippen molar-refractivity contribution in [3.8, 4) is 11.5 Å². The molecule has 180 valence electrons. The van der Waals surface area contributed by atoms with Gasteiger partial charge in [0, 0.05) is 0 Å². The van der Waals surface area contributed by atoms with Crippen LogP contribution in [0.25, 0.3) is 0 Å². The molecule has 32 heavy (non-hydrogen) atoms. The molecule has 2 N–H and O–H groups in total. The lowest BCUT2D eigenvalue weighted by molar-refractivity contribution is 0.0516. The lowest BCUT2D eigenvalue weighted by Crippen LogP contribution is -2.17. The smallest absolute Gasteiger partial charge is 0.508 e. The molecule has 0 bridgehead atoms. The van der Waals surface area contributed by atoms with Gasteiger partial charge in [0.1, 0.15) is 30.8 Å². The monoisotopic (exact) mass is 452 g/mol. The minimum absolute atomic E-state index is 0.0486. The standard InChI is InChI=1S/C10H12O4.C6H6O.C4H6O3.2C2H6/c1-8(11)7-13-10(12)14-9-5-3-2-4-6-9;7-6-4-2-1-3-5-6;1-3-2-6-4(5)7-3;2*1-2/h2-6,8,11H,7H2,1H3;1-5,7H;3H,2H2,1H3;2*1-2H3. The minimum atomic E-state index is -0.808. The third-order valence-corrected chi connectivity index (χ3v) is 2.88. The molecule has 2 atom stereocenters. The summed E-state index contributed by atoms with van der Waals surface area (Å²) in [6.07, 6.45) is -2.09. The summed E-state index contributed by atoms with van der Waals surface area (Å²) in [5.74, 6) is 0.741. The first-order chi connectivity index (χ1) is 15.4. The predicted molar refractivity (Wildman–Crippen MR) is 123 cm³/mol. The molecule has 3 rings (SSSR count). The van der Waals surface area contributed by atoms with Crippen LogP contribution in [-0.2, 0) is 14.2 Å². The van der Waals surface area contributed by atoms with Gasteiger partial charge in [0.25, 0.3) is 0 Å². The third kappa shape index (κ3) is 18.7. The van der Waals surface area contributed by atoms with Crippen molar-refractivity contribution in [2.45, 2.75) is 53.8 Å². The van der Waals surface area contributed by atoms with E-state index < -0.39 is 18.4 Å². The third-order valence-electron chi connectivity index (χ3n) is 2.88. The van der Waals surface area contributed by atoms with E-state index in [0.717, 1.165) is 0 Å². The number of phenols is 1. The van der Waals surface area contributed by atoms with Crippen molar-refractivity contribution in [1.82, 2.24) is 0 Å². The largest absolute Gasteiger partial charge is 0.513 e. The molecule has 0 amide bonds. The highest BCUT2D eigenvalue weighted by Crippen LogP contribution is 2.09. The van der Waals surface area contributed by atoms with Gasteiger partial charge in [-0.15, -0.1) is 0 Å². The van der Waals surface area contributed by atoms with Crippen molar-refractivity contribution in [2.24, 2.45) is 0 Å². The van der Waals surface area contributed by atoms with Gasteiger partial charge in [0.05, 0.1) is 6.10 Å². The Morgan fingerprint density at radius 1 is 1.03 bits per heavy atom. The van der Waals surface area contributed by atoms with Gasteiger partial charge in [-0.25, -0.2) is 9.59 Å². The molecule has 0 aliphatic carbocycles. The van der Waals surface area contributed by atoms with Crippen molar-refractivity contribution < 1.29 is 38.7 Å². The molecular formula is C24H36O8. The van der Waals surface area contributed by atoms with Crippen LogP contribution in [0.4, 0.5) is 9.59 Å². The molecular weight excluding hydrogens is 416 g/mol. The van der Waals surface area contributed by atoms with Crippen LogP contribution in [0.15, 0.2) is 60.7 Å². The molecule has 1 aliphatic heterocycles. The Hall–Kier alpha value is -3.26. The summed E-state index contributed by atoms with van der Waals surface area (Å²) in [6, 6.07) is 17.3. The number of hydrogen-bond acceptors (Lipinski definition) is 8. The minimum Gasteiger partial charge on any atom is -0.508 e. The van der Waals surface area contributed by atoms with E-state index >= 15 is 0 Å². The lowest BCUT2D eigenvalue weighted by Gasteiger charge is -2.06. The van der Waals surface area contributed by atoms with E-state index in [1.54, 1.807) is 55.5 Å². The topological polar surface area (TPSA) is 112 Å². The van der Waals surface area contributed by atoms with E-state index in [1.807, 2.05) is 39.8 Å². The molecule has 2 aromatic carbocycles. The van der Waals surface area contributed by atoms with Crippen molar-refractivity contribution in [3.05, 3.63) is 60.7 Å². The number of aliphatic hydroxyl groups is 1. The van der Waals surface area contributed by atoms with Gasteiger partial charge in [-0.1, -0.05) is 64.1 Å². The van der Waals surface area contributed by atoms with Crippen LogP contribution in [0.1, 0.15) is 41.5 Å². The summed E-state index contributed by atoms with van der Waals surface area (Å²) in [5.41, 5.74) is 0. The number of cyclic esters (lactones) is 2. The molecule has 0 saturated carbocycles. The van der Waals surface area contributed by atoms with Crippen LogP contribution in [0.5, 0.6) is 11.5 Å². The Morgan fingerprint density at radius 3 is 1.84 bits per heavy atom. The van der Waals surface area contributed by atoms with Crippen molar-refractivity contribution in [1.29, 1.82) is 0 Å². The SMILES string of the molecule is CC.CC.CC(O)COC(=O)Oc1ccccc1.CC1COC(=O)O1.Oc1ccccc1. The fraction of sp³-hybridized carbons (Fsp3) is 0.417. The van der Waals surface area contributed by atoms with Crippen LogP contribution in [-0.4, -0.2) is 47.9 Å². The van der Waals surface area contributed by atoms with Crippen molar-refractivity contribution >= 4 is 12.3 Å². The molecule has 8 nitrogen and oxygen atoms in total. The first-order valence-corrected chi connectivity index (χ1v) is 10.5. The Labute approximate surface area is 190 Å². The van der Waals surface area contributed by atoms with E-state index in [2.05, 4.69) is 14.2 Å². The van der Waals surface area contributed by atoms with Gasteiger partial charge in [-0.3, -0.25) is 0 Å². The van der Waals surface area contributed by atoms with E-state index in [-0.39, 0.29) is 12.7 Å². The molecule has 1 heterocycles. The summed E-state index contributed by atoms with van der Waals surface area (Å²) in [6.45, 7) is 11.6. The highest BCUT2D eigenvalue weighted by Gasteiger charge is 2.19. The molecule has 1 fully saturated rings. The number of carbonyl (C=O) groups excluding carboxylic acids is 2. The molecule has 8 heteroatoms. The number of hydrogen-bond donors (Lipinski definition) is 2. The number of aromatic hydroxyl groups is 1. The van der Waals surface area contributed by atoms with Crippen LogP contribution < -0.4 is 4.74 Å². The number of aliphatic hydroxyl groups excluding tert-OH is 1. The number of phenolic OH excluding ortho intramolecular Hbond substituents is 1. The Morgan fingerprint density at radius 2 is 1.53 bits per heavy atom. The average Bonchev–Trinajstić information content (AvgIpc) is 3.19. The molecule has 0 aromatic heterocycles. The van der Waals surface area contributed by atoms with Gasteiger partial charge in [0.15, 0.2) is 0 Å². The van der Waals surface area contributed by atoms with Crippen LogP contribution >= 0.6 is 0 Å². The normalized spacial score (nSPS) is 13.8. The predicted octanol–water partition coefficient (Wildman–Crippen LogP) is 5.57. The molecule has 0 radical (unpaired) electrons. The summed E-state index contributed by atoms with van der Waals surface area (Å²) in [5, 5.41) is 17.5. The Bertz CT molecular complexity index is 690. The fourth-order valence-electron chi connectivity index (χ4n) is 1.65.